The van der Waals surface area contributed by atoms with Crippen LogP contribution in [0, 0.1) is 0 Å². The minimum atomic E-state index is -3.34. The van der Waals surface area contributed by atoms with Crippen molar-refractivity contribution in [3.05, 3.63) is 24.3 Å². The van der Waals surface area contributed by atoms with Crippen LogP contribution in [0.4, 0.5) is 5.69 Å². The summed E-state index contributed by atoms with van der Waals surface area (Å²) in [5.74, 6) is -0.342. The number of sulfonamides is 1. The summed E-state index contributed by atoms with van der Waals surface area (Å²) in [6.07, 6.45) is 2.05. The van der Waals surface area contributed by atoms with Gasteiger partial charge in [0.2, 0.25) is 15.9 Å². The molecule has 2 unspecified atom stereocenters. The van der Waals surface area contributed by atoms with Gasteiger partial charge in [-0.25, -0.2) is 12.7 Å². The number of hydrogen-bond donors (Lipinski definition) is 3. The van der Waals surface area contributed by atoms with Gasteiger partial charge in [0.15, 0.2) is 0 Å². The molecule has 0 spiro atoms. The molecule has 2 heterocycles. The van der Waals surface area contributed by atoms with Crippen LogP contribution in [-0.2, 0) is 14.8 Å². The lowest BCUT2D eigenvalue weighted by Gasteiger charge is -2.20. The smallest absolute Gasteiger partial charge is 0.241 e. The van der Waals surface area contributed by atoms with E-state index in [0.29, 0.717) is 18.8 Å². The number of amides is 1. The van der Waals surface area contributed by atoms with Crippen LogP contribution in [0.3, 0.4) is 0 Å². The van der Waals surface area contributed by atoms with E-state index in [2.05, 4.69) is 10.6 Å². The molecule has 2 aliphatic rings. The summed E-state index contributed by atoms with van der Waals surface area (Å²) in [5.41, 5.74) is 0.324. The predicted molar refractivity (Wildman–Crippen MR) is 86.7 cm³/mol. The summed E-state index contributed by atoms with van der Waals surface area (Å²) in [4.78, 5) is 12.3. The van der Waals surface area contributed by atoms with Gasteiger partial charge in [-0.1, -0.05) is 12.1 Å². The Balaban J connectivity index is 1.63. The Kier molecular flexibility index (Phi) is 4.56. The molecule has 2 atom stereocenters. The number of benzene rings is 1. The zero-order valence-electron chi connectivity index (χ0n) is 12.7. The average molecular weight is 339 g/mol. The minimum Gasteiger partial charge on any atom is -0.506 e. The number of hydrogen-bond acceptors (Lipinski definition) is 5. The maximum Gasteiger partial charge on any atom is 0.241 e. The molecule has 0 radical (unpaired) electrons. The molecule has 2 fully saturated rings. The number of aromatic hydroxyl groups is 1. The van der Waals surface area contributed by atoms with Crippen molar-refractivity contribution in [2.75, 3.05) is 25.0 Å². The van der Waals surface area contributed by atoms with Crippen molar-refractivity contribution in [3.63, 3.8) is 0 Å². The van der Waals surface area contributed by atoms with Crippen LogP contribution >= 0.6 is 0 Å². The fourth-order valence-corrected chi connectivity index (χ4v) is 5.01. The third-order valence-corrected chi connectivity index (χ3v) is 6.70. The summed E-state index contributed by atoms with van der Waals surface area (Å²) in [7, 11) is -3.34. The number of anilines is 1. The van der Waals surface area contributed by atoms with Gasteiger partial charge in [-0.15, -0.1) is 0 Å². The van der Waals surface area contributed by atoms with E-state index in [-0.39, 0.29) is 24.6 Å². The van der Waals surface area contributed by atoms with Gasteiger partial charge in [0.1, 0.15) is 5.75 Å². The Labute approximate surface area is 135 Å². The standard InChI is InChI=1S/C15H21N3O4S/c19-14-6-2-1-5-12(14)17-15(20)13-9-11(10-16-13)23(21,22)18-7-3-4-8-18/h1-2,5-6,11,13,16,19H,3-4,7-10H2,(H,17,20). The van der Waals surface area contributed by atoms with E-state index in [1.165, 1.54) is 10.4 Å². The molecule has 0 bridgehead atoms. The second-order valence-corrected chi connectivity index (χ2v) is 8.19. The summed E-state index contributed by atoms with van der Waals surface area (Å²) in [6, 6.07) is 5.88. The number of rotatable bonds is 4. The highest BCUT2D eigenvalue weighted by Gasteiger charge is 2.40. The lowest BCUT2D eigenvalue weighted by molar-refractivity contribution is -0.117. The largest absolute Gasteiger partial charge is 0.506 e. The predicted octanol–water partition coefficient (Wildman–Crippen LogP) is 0.487. The Morgan fingerprint density at radius 2 is 1.96 bits per heavy atom. The van der Waals surface area contributed by atoms with Crippen LogP contribution in [0.1, 0.15) is 19.3 Å². The van der Waals surface area contributed by atoms with E-state index < -0.39 is 21.3 Å². The minimum absolute atomic E-state index is 0.0138. The maximum absolute atomic E-state index is 12.5. The Morgan fingerprint density at radius 3 is 2.65 bits per heavy atom. The first-order chi connectivity index (χ1) is 11.0. The summed E-state index contributed by atoms with van der Waals surface area (Å²) < 4.78 is 26.6. The molecular weight excluding hydrogens is 318 g/mol. The molecule has 2 aliphatic heterocycles. The monoisotopic (exact) mass is 339 g/mol. The van der Waals surface area contributed by atoms with E-state index in [0.717, 1.165) is 12.8 Å². The first-order valence-corrected chi connectivity index (χ1v) is 9.30. The number of phenolic OH excluding ortho intramolecular Hbond substituents is 1. The van der Waals surface area contributed by atoms with Gasteiger partial charge in [0.25, 0.3) is 0 Å². The van der Waals surface area contributed by atoms with Gasteiger partial charge in [0.05, 0.1) is 17.0 Å². The molecule has 2 saturated heterocycles. The van der Waals surface area contributed by atoms with E-state index in [1.807, 2.05) is 0 Å². The second-order valence-electron chi connectivity index (χ2n) is 5.98. The Hall–Kier alpha value is -1.64. The van der Waals surface area contributed by atoms with Crippen LogP contribution in [0.25, 0.3) is 0 Å². The number of para-hydroxylation sites is 2. The number of phenols is 1. The number of carbonyl (C=O) groups is 1. The number of nitrogens with one attached hydrogen (secondary N) is 2. The van der Waals surface area contributed by atoms with Gasteiger partial charge in [0, 0.05) is 19.6 Å². The molecule has 0 aliphatic carbocycles. The zero-order valence-corrected chi connectivity index (χ0v) is 13.6. The fourth-order valence-electron chi connectivity index (χ4n) is 3.08. The van der Waals surface area contributed by atoms with Crippen LogP contribution < -0.4 is 10.6 Å². The SMILES string of the molecule is O=C(Nc1ccccc1O)C1CC(S(=O)(=O)N2CCCC2)CN1. The average Bonchev–Trinajstić information content (AvgIpc) is 3.21. The molecule has 1 aromatic rings. The van der Waals surface area contributed by atoms with E-state index in [9.17, 15) is 18.3 Å². The summed E-state index contributed by atoms with van der Waals surface area (Å²) in [6.45, 7) is 1.43. The molecule has 0 saturated carbocycles. The lowest BCUT2D eigenvalue weighted by atomic mass is 10.2. The quantitative estimate of drug-likeness (QED) is 0.693. The van der Waals surface area contributed by atoms with E-state index in [1.54, 1.807) is 18.2 Å². The third kappa shape index (κ3) is 3.34. The Bertz CT molecular complexity index is 686. The normalized spacial score (nSPS) is 25.6. The number of carbonyl (C=O) groups excluding carboxylic acids is 1. The van der Waals surface area contributed by atoms with E-state index >= 15 is 0 Å². The molecule has 3 N–H and O–H groups in total. The molecular formula is C15H21N3O4S. The van der Waals surface area contributed by atoms with Gasteiger partial charge >= 0.3 is 0 Å². The highest BCUT2D eigenvalue weighted by atomic mass is 32.2. The summed E-state index contributed by atoms with van der Waals surface area (Å²) >= 11 is 0. The second kappa shape index (κ2) is 6.46. The fraction of sp³-hybridized carbons (Fsp3) is 0.533. The molecule has 3 rings (SSSR count). The van der Waals surface area contributed by atoms with Gasteiger partial charge in [-0.2, -0.15) is 0 Å². The van der Waals surface area contributed by atoms with E-state index in [4.69, 9.17) is 0 Å². The third-order valence-electron chi connectivity index (χ3n) is 4.42. The highest BCUT2D eigenvalue weighted by Crippen LogP contribution is 2.25. The molecule has 1 amide bonds. The van der Waals surface area contributed by atoms with Crippen molar-refractivity contribution in [1.82, 2.24) is 9.62 Å². The zero-order chi connectivity index (χ0) is 16.4. The topological polar surface area (TPSA) is 98.7 Å². The van der Waals surface area contributed by atoms with Crippen molar-refractivity contribution in [3.8, 4) is 5.75 Å². The van der Waals surface area contributed by atoms with Gasteiger partial charge < -0.3 is 15.7 Å². The molecule has 1 aromatic carbocycles. The van der Waals surface area contributed by atoms with Crippen LogP contribution in [0.15, 0.2) is 24.3 Å². The maximum atomic E-state index is 12.5. The van der Waals surface area contributed by atoms with Gasteiger partial charge in [-0.05, 0) is 31.4 Å². The molecule has 0 aromatic heterocycles. The van der Waals surface area contributed by atoms with Crippen LogP contribution in [0.2, 0.25) is 0 Å². The molecule has 126 valence electrons. The van der Waals surface area contributed by atoms with Crippen molar-refractivity contribution in [2.24, 2.45) is 0 Å². The molecule has 8 heteroatoms. The van der Waals surface area contributed by atoms with Crippen molar-refractivity contribution in [1.29, 1.82) is 0 Å². The van der Waals surface area contributed by atoms with Crippen molar-refractivity contribution in [2.45, 2.75) is 30.6 Å². The lowest BCUT2D eigenvalue weighted by Crippen LogP contribution is -2.37. The first kappa shape index (κ1) is 16.2. The number of nitrogens with zero attached hydrogens (tertiary/aromatic N) is 1. The highest BCUT2D eigenvalue weighted by molar-refractivity contribution is 7.89. The summed E-state index contributed by atoms with van der Waals surface area (Å²) in [5, 5.41) is 14.7. The first-order valence-electron chi connectivity index (χ1n) is 7.79. The van der Waals surface area contributed by atoms with Crippen molar-refractivity contribution < 1.29 is 18.3 Å². The molecule has 7 nitrogen and oxygen atoms in total. The molecule has 23 heavy (non-hydrogen) atoms. The van der Waals surface area contributed by atoms with Gasteiger partial charge in [-0.3, -0.25) is 4.79 Å². The van der Waals surface area contributed by atoms with Crippen molar-refractivity contribution >= 4 is 21.6 Å². The Morgan fingerprint density at radius 1 is 1.26 bits per heavy atom. The van der Waals surface area contributed by atoms with Crippen LogP contribution in [-0.4, -0.2) is 54.7 Å². The van der Waals surface area contributed by atoms with Crippen LogP contribution in [0.5, 0.6) is 5.75 Å².